The molecule has 1 fully saturated rings. The van der Waals surface area contributed by atoms with E-state index in [-0.39, 0.29) is 18.4 Å². The molecule has 2 aliphatic heterocycles. The van der Waals surface area contributed by atoms with E-state index < -0.39 is 0 Å². The molecule has 0 radical (unpaired) electrons. The van der Waals surface area contributed by atoms with Crippen molar-refractivity contribution < 1.29 is 9.47 Å². The van der Waals surface area contributed by atoms with Gasteiger partial charge in [0, 0.05) is 17.0 Å². The summed E-state index contributed by atoms with van der Waals surface area (Å²) in [5.41, 5.74) is 2.29. The second-order valence-corrected chi connectivity index (χ2v) is 8.17. The molecule has 1 N–H and O–H groups in total. The fraction of sp³-hybridized carbons (Fsp3) is 0.304. The molecule has 9 nitrogen and oxygen atoms in total. The Morgan fingerprint density at radius 3 is 2.62 bits per heavy atom. The molecule has 2 aromatic carbocycles. The van der Waals surface area contributed by atoms with E-state index in [4.69, 9.17) is 9.47 Å². The summed E-state index contributed by atoms with van der Waals surface area (Å²) in [7, 11) is 0. The number of hydrogen-bond donors (Lipinski definition) is 1. The van der Waals surface area contributed by atoms with Crippen LogP contribution in [0.25, 0.3) is 10.9 Å². The van der Waals surface area contributed by atoms with Crippen molar-refractivity contribution in [2.45, 2.75) is 25.4 Å². The molecular formula is C23H22N6O3. The molecule has 1 atom stereocenters. The summed E-state index contributed by atoms with van der Waals surface area (Å²) in [5.74, 6) is 1.99. The van der Waals surface area contributed by atoms with Gasteiger partial charge in [-0.05, 0) is 54.1 Å². The SMILES string of the molecule is O=c1[nH]c2cc3c(cc2cc1C(c1nnnn1Cc1ccccc1)N1CCCC1)OCO3. The van der Waals surface area contributed by atoms with E-state index in [9.17, 15) is 4.79 Å². The second kappa shape index (κ2) is 7.76. The van der Waals surface area contributed by atoms with Gasteiger partial charge in [0.15, 0.2) is 17.3 Å². The number of tetrazole rings is 1. The van der Waals surface area contributed by atoms with E-state index in [1.165, 1.54) is 0 Å². The Kier molecular flexibility index (Phi) is 4.61. The quantitative estimate of drug-likeness (QED) is 0.519. The number of nitrogens with zero attached hydrogens (tertiary/aromatic N) is 5. The van der Waals surface area contributed by atoms with Crippen LogP contribution in [0.2, 0.25) is 0 Å². The van der Waals surface area contributed by atoms with E-state index in [1.807, 2.05) is 48.5 Å². The van der Waals surface area contributed by atoms with Crippen LogP contribution in [0.15, 0.2) is 53.3 Å². The standard InChI is InChI=1S/C23H22N6O3/c30-23-17(10-16-11-19-20(32-14-31-19)12-18(16)24-23)21(28-8-4-5-9-28)22-25-26-27-29(22)13-15-6-2-1-3-7-15/h1-3,6-7,10-12,21H,4-5,8-9,13-14H2,(H,24,30). The molecule has 6 rings (SSSR count). The lowest BCUT2D eigenvalue weighted by Gasteiger charge is -2.26. The average molecular weight is 430 g/mol. The van der Waals surface area contributed by atoms with E-state index >= 15 is 0 Å². The highest BCUT2D eigenvalue weighted by molar-refractivity contribution is 5.83. The molecular weight excluding hydrogens is 408 g/mol. The first-order valence-electron chi connectivity index (χ1n) is 10.8. The van der Waals surface area contributed by atoms with Gasteiger partial charge in [-0.3, -0.25) is 9.69 Å². The highest BCUT2D eigenvalue weighted by Gasteiger charge is 2.32. The summed E-state index contributed by atoms with van der Waals surface area (Å²) in [4.78, 5) is 18.6. The molecule has 32 heavy (non-hydrogen) atoms. The van der Waals surface area contributed by atoms with Crippen molar-refractivity contribution in [2.75, 3.05) is 19.9 Å². The van der Waals surface area contributed by atoms with Crippen molar-refractivity contribution in [3.8, 4) is 11.5 Å². The molecule has 1 unspecified atom stereocenters. The van der Waals surface area contributed by atoms with Gasteiger partial charge in [-0.15, -0.1) is 5.10 Å². The molecule has 2 aromatic heterocycles. The number of pyridine rings is 1. The molecule has 0 amide bonds. The molecule has 162 valence electrons. The second-order valence-electron chi connectivity index (χ2n) is 8.17. The van der Waals surface area contributed by atoms with Gasteiger partial charge in [0.25, 0.3) is 5.56 Å². The average Bonchev–Trinajstić information content (AvgIpc) is 3.57. The van der Waals surface area contributed by atoms with Gasteiger partial charge in [-0.1, -0.05) is 30.3 Å². The van der Waals surface area contributed by atoms with Crippen molar-refractivity contribution in [1.29, 1.82) is 0 Å². The Hall–Kier alpha value is -3.72. The van der Waals surface area contributed by atoms with Crippen LogP contribution in [-0.2, 0) is 6.54 Å². The number of ether oxygens (including phenoxy) is 2. The number of aromatic nitrogens is 5. The third-order valence-electron chi connectivity index (χ3n) is 6.15. The summed E-state index contributed by atoms with van der Waals surface area (Å²) in [6.07, 6.45) is 2.17. The predicted molar refractivity (Wildman–Crippen MR) is 117 cm³/mol. The molecule has 0 aliphatic carbocycles. The maximum atomic E-state index is 13.3. The predicted octanol–water partition coefficient (Wildman–Crippen LogP) is 2.48. The monoisotopic (exact) mass is 430 g/mol. The topological polar surface area (TPSA) is 98.2 Å². The van der Waals surface area contributed by atoms with Gasteiger partial charge in [-0.25, -0.2) is 4.68 Å². The van der Waals surface area contributed by atoms with Crippen molar-refractivity contribution in [2.24, 2.45) is 0 Å². The van der Waals surface area contributed by atoms with Crippen LogP contribution >= 0.6 is 0 Å². The molecule has 0 spiro atoms. The third-order valence-corrected chi connectivity index (χ3v) is 6.15. The maximum absolute atomic E-state index is 13.3. The summed E-state index contributed by atoms with van der Waals surface area (Å²) in [5, 5.41) is 13.5. The number of rotatable bonds is 5. The Balaban J connectivity index is 1.47. The first-order chi connectivity index (χ1) is 15.8. The smallest absolute Gasteiger partial charge is 0.253 e. The number of hydrogen-bond acceptors (Lipinski definition) is 7. The molecule has 1 saturated heterocycles. The number of benzene rings is 2. The van der Waals surface area contributed by atoms with Crippen LogP contribution in [0, 0.1) is 0 Å². The Labute approximate surface area is 183 Å². The van der Waals surface area contributed by atoms with E-state index in [1.54, 1.807) is 4.68 Å². The van der Waals surface area contributed by atoms with Crippen molar-refractivity contribution in [3.05, 3.63) is 75.8 Å². The fourth-order valence-corrected chi connectivity index (χ4v) is 4.59. The molecule has 4 heterocycles. The first-order valence-corrected chi connectivity index (χ1v) is 10.8. The zero-order valence-corrected chi connectivity index (χ0v) is 17.4. The highest BCUT2D eigenvalue weighted by atomic mass is 16.7. The molecule has 9 heteroatoms. The number of fused-ring (bicyclic) bond motifs is 2. The summed E-state index contributed by atoms with van der Waals surface area (Å²) in [6, 6.07) is 15.4. The minimum atomic E-state index is -0.338. The lowest BCUT2D eigenvalue weighted by molar-refractivity contribution is 0.174. The Morgan fingerprint density at radius 2 is 1.81 bits per heavy atom. The summed E-state index contributed by atoms with van der Waals surface area (Å²) >= 11 is 0. The van der Waals surface area contributed by atoms with Crippen LogP contribution in [-0.4, -0.2) is 50.0 Å². The van der Waals surface area contributed by atoms with Crippen molar-refractivity contribution in [3.63, 3.8) is 0 Å². The highest BCUT2D eigenvalue weighted by Crippen LogP contribution is 2.36. The van der Waals surface area contributed by atoms with E-state index in [0.717, 1.165) is 36.9 Å². The zero-order chi connectivity index (χ0) is 21.5. The maximum Gasteiger partial charge on any atom is 0.253 e. The molecule has 0 bridgehead atoms. The van der Waals surface area contributed by atoms with Crippen LogP contribution in [0.1, 0.15) is 35.8 Å². The number of likely N-dealkylation sites (tertiary alicyclic amines) is 1. The van der Waals surface area contributed by atoms with Crippen LogP contribution < -0.4 is 15.0 Å². The van der Waals surface area contributed by atoms with Gasteiger partial charge in [0.05, 0.1) is 12.1 Å². The number of H-pyrrole nitrogens is 1. The van der Waals surface area contributed by atoms with Crippen molar-refractivity contribution >= 4 is 10.9 Å². The zero-order valence-electron chi connectivity index (χ0n) is 17.4. The van der Waals surface area contributed by atoms with Gasteiger partial charge in [0.1, 0.15) is 6.04 Å². The largest absolute Gasteiger partial charge is 0.454 e. The molecule has 4 aromatic rings. The van der Waals surface area contributed by atoms with Crippen molar-refractivity contribution in [1.82, 2.24) is 30.1 Å². The third kappa shape index (κ3) is 3.31. The van der Waals surface area contributed by atoms with E-state index in [2.05, 4.69) is 25.4 Å². The van der Waals surface area contributed by atoms with Gasteiger partial charge < -0.3 is 14.5 Å². The summed E-state index contributed by atoms with van der Waals surface area (Å²) in [6.45, 7) is 2.51. The number of nitrogens with one attached hydrogen (secondary N) is 1. The first kappa shape index (κ1) is 19.0. The van der Waals surface area contributed by atoms with Crippen LogP contribution in [0.3, 0.4) is 0 Å². The molecule has 2 aliphatic rings. The normalized spacial score (nSPS) is 16.6. The fourth-order valence-electron chi connectivity index (χ4n) is 4.59. The minimum Gasteiger partial charge on any atom is -0.454 e. The van der Waals surface area contributed by atoms with Gasteiger partial charge >= 0.3 is 0 Å². The van der Waals surface area contributed by atoms with Gasteiger partial charge in [-0.2, -0.15) is 0 Å². The van der Waals surface area contributed by atoms with Crippen LogP contribution in [0.5, 0.6) is 11.5 Å². The Bertz CT molecular complexity index is 1330. The Morgan fingerprint density at radius 1 is 1.03 bits per heavy atom. The van der Waals surface area contributed by atoms with Gasteiger partial charge in [0.2, 0.25) is 6.79 Å². The lowest BCUT2D eigenvalue weighted by atomic mass is 10.0. The summed E-state index contributed by atoms with van der Waals surface area (Å²) < 4.78 is 12.8. The minimum absolute atomic E-state index is 0.150. The number of aromatic amines is 1. The molecule has 0 saturated carbocycles. The lowest BCUT2D eigenvalue weighted by Crippen LogP contribution is -2.33. The van der Waals surface area contributed by atoms with Crippen LogP contribution in [0.4, 0.5) is 0 Å². The van der Waals surface area contributed by atoms with E-state index in [0.29, 0.717) is 34.9 Å².